The third-order valence-electron chi connectivity index (χ3n) is 3.80. The van der Waals surface area contributed by atoms with Crippen LogP contribution in [0.4, 0.5) is 18.0 Å². The number of hydrogen-bond donors (Lipinski definition) is 2. The van der Waals surface area contributed by atoms with Crippen LogP contribution in [0, 0.1) is 17.5 Å². The summed E-state index contributed by atoms with van der Waals surface area (Å²) in [6, 6.07) is 1.32. The van der Waals surface area contributed by atoms with E-state index in [2.05, 4.69) is 10.6 Å². The summed E-state index contributed by atoms with van der Waals surface area (Å²) in [6.45, 7) is 4.28. The molecule has 1 saturated heterocycles. The molecule has 0 saturated carbocycles. The number of nitrogens with one attached hydrogen (secondary N) is 2. The van der Waals surface area contributed by atoms with Gasteiger partial charge in [0, 0.05) is 25.2 Å². The number of benzene rings is 1. The smallest absolute Gasteiger partial charge is 0.315 e. The molecule has 0 aromatic heterocycles. The normalized spacial score (nSPS) is 15.5. The maximum Gasteiger partial charge on any atom is 0.315 e. The highest BCUT2D eigenvalue weighted by atomic mass is 19.2. The minimum atomic E-state index is -1.65. The van der Waals surface area contributed by atoms with Gasteiger partial charge in [-0.05, 0) is 38.8 Å². The number of carbonyl (C=O) groups excluding carboxylic acids is 2. The van der Waals surface area contributed by atoms with Gasteiger partial charge >= 0.3 is 6.03 Å². The minimum absolute atomic E-state index is 0.0167. The van der Waals surface area contributed by atoms with Crippen molar-refractivity contribution in [3.05, 3.63) is 35.1 Å². The molecule has 132 valence electrons. The van der Waals surface area contributed by atoms with Crippen molar-refractivity contribution >= 4 is 11.9 Å². The first-order valence-corrected chi connectivity index (χ1v) is 7.79. The number of rotatable bonds is 3. The molecule has 5 nitrogen and oxygen atoms in total. The highest BCUT2D eigenvalue weighted by Gasteiger charge is 2.27. The lowest BCUT2D eigenvalue weighted by molar-refractivity contribution is 0.0702. The standard InChI is InChI=1S/C16H20F3N3O2/c1-9(2)20-16(24)21-10-5-7-22(8-6-10)15(23)11-3-4-12(17)14(19)13(11)18/h3-4,9-10H,5-8H2,1-2H3,(H2,20,21,24). The molecule has 1 aromatic carbocycles. The molecule has 2 N–H and O–H groups in total. The predicted molar refractivity (Wildman–Crippen MR) is 82.0 cm³/mol. The van der Waals surface area contributed by atoms with Crippen molar-refractivity contribution in [2.24, 2.45) is 0 Å². The molecule has 3 amide bonds. The largest absolute Gasteiger partial charge is 0.338 e. The summed E-state index contributed by atoms with van der Waals surface area (Å²) < 4.78 is 39.9. The van der Waals surface area contributed by atoms with Gasteiger partial charge in [-0.15, -0.1) is 0 Å². The van der Waals surface area contributed by atoms with E-state index in [-0.39, 0.29) is 18.1 Å². The number of amides is 3. The molecule has 1 aliphatic heterocycles. The third-order valence-corrected chi connectivity index (χ3v) is 3.80. The molecular weight excluding hydrogens is 323 g/mol. The zero-order chi connectivity index (χ0) is 17.9. The van der Waals surface area contributed by atoms with E-state index < -0.39 is 28.9 Å². The Morgan fingerprint density at radius 2 is 1.75 bits per heavy atom. The molecule has 0 atom stereocenters. The Kier molecular flexibility index (Phi) is 5.69. The summed E-state index contributed by atoms with van der Waals surface area (Å²) in [4.78, 5) is 25.3. The van der Waals surface area contributed by atoms with Crippen LogP contribution in [0.1, 0.15) is 37.0 Å². The van der Waals surface area contributed by atoms with E-state index in [1.54, 1.807) is 0 Å². The monoisotopic (exact) mass is 343 g/mol. The molecule has 1 heterocycles. The summed E-state index contributed by atoms with van der Waals surface area (Å²) in [5.74, 6) is -5.14. The van der Waals surface area contributed by atoms with Gasteiger partial charge in [0.1, 0.15) is 0 Å². The number of piperidine rings is 1. The molecule has 0 spiro atoms. The van der Waals surface area contributed by atoms with Gasteiger partial charge < -0.3 is 15.5 Å². The van der Waals surface area contributed by atoms with Gasteiger partial charge in [-0.25, -0.2) is 18.0 Å². The number of likely N-dealkylation sites (tertiary alicyclic amines) is 1. The van der Waals surface area contributed by atoms with Crippen LogP contribution in [0.2, 0.25) is 0 Å². The zero-order valence-corrected chi connectivity index (χ0v) is 13.5. The van der Waals surface area contributed by atoms with E-state index in [4.69, 9.17) is 0 Å². The number of halogens is 3. The molecule has 0 unspecified atom stereocenters. The van der Waals surface area contributed by atoms with Gasteiger partial charge in [-0.3, -0.25) is 4.79 Å². The second-order valence-corrected chi connectivity index (χ2v) is 6.06. The predicted octanol–water partition coefficient (Wildman–Crippen LogP) is 2.42. The Labute approximate surface area is 138 Å². The zero-order valence-electron chi connectivity index (χ0n) is 13.5. The van der Waals surface area contributed by atoms with Crippen LogP contribution in [0.3, 0.4) is 0 Å². The van der Waals surface area contributed by atoms with Crippen molar-refractivity contribution in [2.75, 3.05) is 13.1 Å². The first kappa shape index (κ1) is 18.1. The highest BCUT2D eigenvalue weighted by molar-refractivity contribution is 5.94. The summed E-state index contributed by atoms with van der Waals surface area (Å²) in [5, 5.41) is 5.52. The molecule has 0 bridgehead atoms. The van der Waals surface area contributed by atoms with Crippen LogP contribution >= 0.6 is 0 Å². The highest BCUT2D eigenvalue weighted by Crippen LogP contribution is 2.19. The van der Waals surface area contributed by atoms with Gasteiger partial charge in [-0.1, -0.05) is 0 Å². The van der Waals surface area contributed by atoms with Gasteiger partial charge in [0.05, 0.1) is 5.56 Å². The molecule has 24 heavy (non-hydrogen) atoms. The molecule has 1 fully saturated rings. The topological polar surface area (TPSA) is 61.4 Å². The Morgan fingerprint density at radius 1 is 1.12 bits per heavy atom. The number of carbonyl (C=O) groups is 2. The lowest BCUT2D eigenvalue weighted by Gasteiger charge is -2.32. The summed E-state index contributed by atoms with van der Waals surface area (Å²) in [7, 11) is 0. The van der Waals surface area contributed by atoms with Crippen LogP contribution in [-0.4, -0.2) is 42.0 Å². The first-order chi connectivity index (χ1) is 11.3. The van der Waals surface area contributed by atoms with E-state index in [1.807, 2.05) is 13.8 Å². The lowest BCUT2D eigenvalue weighted by atomic mass is 10.0. The quantitative estimate of drug-likeness (QED) is 0.828. The van der Waals surface area contributed by atoms with Crippen LogP contribution < -0.4 is 10.6 Å². The molecule has 1 aliphatic rings. The van der Waals surface area contributed by atoms with E-state index in [0.717, 1.165) is 12.1 Å². The van der Waals surface area contributed by atoms with Crippen molar-refractivity contribution < 1.29 is 22.8 Å². The average Bonchev–Trinajstić information content (AvgIpc) is 2.52. The van der Waals surface area contributed by atoms with E-state index in [9.17, 15) is 22.8 Å². The SMILES string of the molecule is CC(C)NC(=O)NC1CCN(C(=O)c2ccc(F)c(F)c2F)CC1. The van der Waals surface area contributed by atoms with Crippen molar-refractivity contribution in [1.29, 1.82) is 0 Å². The minimum Gasteiger partial charge on any atom is -0.338 e. The van der Waals surface area contributed by atoms with Crippen LogP contribution in [-0.2, 0) is 0 Å². The Balaban J connectivity index is 1.94. The Morgan fingerprint density at radius 3 is 2.33 bits per heavy atom. The van der Waals surface area contributed by atoms with Crippen molar-refractivity contribution in [3.63, 3.8) is 0 Å². The van der Waals surface area contributed by atoms with Gasteiger partial charge in [0.2, 0.25) is 0 Å². The van der Waals surface area contributed by atoms with Crippen LogP contribution in [0.25, 0.3) is 0 Å². The number of hydrogen-bond acceptors (Lipinski definition) is 2. The first-order valence-electron chi connectivity index (χ1n) is 7.79. The van der Waals surface area contributed by atoms with Crippen molar-refractivity contribution in [1.82, 2.24) is 15.5 Å². The summed E-state index contributed by atoms with van der Waals surface area (Å²) >= 11 is 0. The molecule has 0 radical (unpaired) electrons. The van der Waals surface area contributed by atoms with Gasteiger partial charge in [-0.2, -0.15) is 0 Å². The van der Waals surface area contributed by atoms with E-state index >= 15 is 0 Å². The van der Waals surface area contributed by atoms with Crippen molar-refractivity contribution in [2.45, 2.75) is 38.8 Å². The fraction of sp³-hybridized carbons (Fsp3) is 0.500. The maximum atomic E-state index is 13.7. The average molecular weight is 343 g/mol. The summed E-state index contributed by atoms with van der Waals surface area (Å²) in [5.41, 5.74) is -0.488. The fourth-order valence-electron chi connectivity index (χ4n) is 2.58. The molecular formula is C16H20F3N3O2. The second kappa shape index (κ2) is 7.55. The molecule has 8 heteroatoms. The molecule has 0 aliphatic carbocycles. The van der Waals surface area contributed by atoms with Gasteiger partial charge in [0.15, 0.2) is 17.5 Å². The van der Waals surface area contributed by atoms with E-state index in [0.29, 0.717) is 25.9 Å². The summed E-state index contributed by atoms with van der Waals surface area (Å²) in [6.07, 6.45) is 1.01. The van der Waals surface area contributed by atoms with E-state index in [1.165, 1.54) is 4.90 Å². The number of nitrogens with zero attached hydrogens (tertiary/aromatic N) is 1. The van der Waals surface area contributed by atoms with Crippen LogP contribution in [0.5, 0.6) is 0 Å². The third kappa shape index (κ3) is 4.18. The maximum absolute atomic E-state index is 13.7. The Hall–Kier alpha value is -2.25. The van der Waals surface area contributed by atoms with Crippen molar-refractivity contribution in [3.8, 4) is 0 Å². The van der Waals surface area contributed by atoms with Gasteiger partial charge in [0.25, 0.3) is 5.91 Å². The lowest BCUT2D eigenvalue weighted by Crippen LogP contribution is -2.50. The molecule has 1 aromatic rings. The van der Waals surface area contributed by atoms with Crippen LogP contribution in [0.15, 0.2) is 12.1 Å². The fourth-order valence-corrected chi connectivity index (χ4v) is 2.58. The Bertz CT molecular complexity index is 629. The second-order valence-electron chi connectivity index (χ2n) is 6.06. The molecule has 2 rings (SSSR count). The number of urea groups is 1.